The number of halogens is 1. The summed E-state index contributed by atoms with van der Waals surface area (Å²) in [5.41, 5.74) is 1.43. The Labute approximate surface area is 236 Å². The van der Waals surface area contributed by atoms with Gasteiger partial charge in [0.15, 0.2) is 0 Å². The van der Waals surface area contributed by atoms with Crippen LogP contribution in [0.1, 0.15) is 55.5 Å². The predicted molar refractivity (Wildman–Crippen MR) is 156 cm³/mol. The molecule has 1 saturated heterocycles. The molecule has 0 N–H and O–H groups in total. The van der Waals surface area contributed by atoms with Crippen LogP contribution in [0.15, 0.2) is 66.7 Å². The maximum absolute atomic E-state index is 13.7. The van der Waals surface area contributed by atoms with Crippen LogP contribution >= 0.6 is 0 Å². The number of rotatable bonds is 11. The van der Waals surface area contributed by atoms with Gasteiger partial charge < -0.3 is 9.80 Å². The smallest absolute Gasteiger partial charge is 0.254 e. The lowest BCUT2D eigenvalue weighted by Crippen LogP contribution is -2.51. The largest absolute Gasteiger partial charge is 0.338 e. The van der Waals surface area contributed by atoms with E-state index in [-0.39, 0.29) is 49.1 Å². The average Bonchev–Trinajstić information content (AvgIpc) is 2.96. The second-order valence-corrected chi connectivity index (χ2v) is 12.4. The van der Waals surface area contributed by atoms with Crippen LogP contribution in [-0.4, -0.2) is 72.3 Å². The maximum atomic E-state index is 13.7. The number of hydrogen-bond donors (Lipinski definition) is 0. The van der Waals surface area contributed by atoms with Crippen LogP contribution < -0.4 is 0 Å². The van der Waals surface area contributed by atoms with Gasteiger partial charge in [0, 0.05) is 37.8 Å². The van der Waals surface area contributed by atoms with Crippen molar-refractivity contribution in [2.24, 2.45) is 0 Å². The zero-order chi connectivity index (χ0) is 28.7. The third-order valence-corrected chi connectivity index (χ3v) is 9.46. The van der Waals surface area contributed by atoms with E-state index in [1.54, 1.807) is 24.0 Å². The number of hydrogen-bond acceptors (Lipinski definition) is 4. The number of benzene rings is 3. The third kappa shape index (κ3) is 7.06. The number of amides is 2. The Hall–Kier alpha value is -3.30. The highest BCUT2D eigenvalue weighted by molar-refractivity contribution is 7.89. The van der Waals surface area contributed by atoms with Gasteiger partial charge in [-0.2, -0.15) is 4.31 Å². The lowest BCUT2D eigenvalue weighted by molar-refractivity contribution is -0.135. The molecular weight excluding hydrogens is 529 g/mol. The van der Waals surface area contributed by atoms with Crippen molar-refractivity contribution < 1.29 is 22.4 Å². The second-order valence-electron chi connectivity index (χ2n) is 10.3. The van der Waals surface area contributed by atoms with E-state index in [0.29, 0.717) is 44.3 Å². The van der Waals surface area contributed by atoms with Gasteiger partial charge in [-0.3, -0.25) is 9.59 Å². The molecule has 0 atom stereocenters. The summed E-state index contributed by atoms with van der Waals surface area (Å²) in [6.07, 6.45) is 2.21. The lowest BCUT2D eigenvalue weighted by atomic mass is 9.99. The molecule has 2 amide bonds. The summed E-state index contributed by atoms with van der Waals surface area (Å²) in [6.45, 7) is 4.94. The summed E-state index contributed by atoms with van der Waals surface area (Å²) in [4.78, 5) is 30.7. The van der Waals surface area contributed by atoms with Gasteiger partial charge in [-0.25, -0.2) is 12.8 Å². The van der Waals surface area contributed by atoms with Crippen LogP contribution in [0, 0.1) is 5.82 Å². The number of nitrogens with zero attached hydrogens (tertiary/aromatic N) is 3. The molecule has 1 aliphatic rings. The minimum atomic E-state index is -3.56. The first kappa shape index (κ1) is 29.7. The van der Waals surface area contributed by atoms with Gasteiger partial charge in [0.25, 0.3) is 5.91 Å². The zero-order valence-electron chi connectivity index (χ0n) is 23.3. The summed E-state index contributed by atoms with van der Waals surface area (Å²) in [6, 6.07) is 19.4. The monoisotopic (exact) mass is 567 g/mol. The van der Waals surface area contributed by atoms with E-state index in [1.165, 1.54) is 16.4 Å². The van der Waals surface area contributed by atoms with Crippen LogP contribution in [0.5, 0.6) is 0 Å². The lowest BCUT2D eigenvalue weighted by Gasteiger charge is -2.39. The molecule has 1 aliphatic heterocycles. The Morgan fingerprint density at radius 3 is 2.27 bits per heavy atom. The van der Waals surface area contributed by atoms with Gasteiger partial charge >= 0.3 is 0 Å². The molecule has 0 radical (unpaired) electrons. The molecular formula is C31H38FN3O4S. The molecule has 0 bridgehead atoms. The van der Waals surface area contributed by atoms with Crippen molar-refractivity contribution in [3.8, 4) is 0 Å². The van der Waals surface area contributed by atoms with Gasteiger partial charge in [0.05, 0.1) is 12.3 Å². The molecule has 0 spiro atoms. The van der Waals surface area contributed by atoms with E-state index < -0.39 is 10.0 Å². The van der Waals surface area contributed by atoms with Crippen LogP contribution in [0.2, 0.25) is 0 Å². The molecule has 0 saturated carbocycles. The predicted octanol–water partition coefficient (Wildman–Crippen LogP) is 5.06. The highest BCUT2D eigenvalue weighted by atomic mass is 32.2. The SMILES string of the molecule is CCCN(CC(=O)N(Cc1ccc(F)cc1)C1CCN(C(=O)c2cccc3ccccc23)CC1)S(=O)(=O)CCC. The number of carbonyl (C=O) groups is 2. The Morgan fingerprint density at radius 1 is 0.925 bits per heavy atom. The number of sulfonamides is 1. The van der Waals surface area contributed by atoms with Crippen molar-refractivity contribution >= 4 is 32.6 Å². The summed E-state index contributed by atoms with van der Waals surface area (Å²) < 4.78 is 40.6. The van der Waals surface area contributed by atoms with E-state index in [0.717, 1.165) is 16.3 Å². The molecule has 40 heavy (non-hydrogen) atoms. The quantitative estimate of drug-likeness (QED) is 0.324. The first-order chi connectivity index (χ1) is 19.2. The Morgan fingerprint density at radius 2 is 1.60 bits per heavy atom. The normalized spacial score (nSPS) is 14.6. The fourth-order valence-corrected chi connectivity index (χ4v) is 6.91. The Kier molecular flexibility index (Phi) is 9.92. The first-order valence-corrected chi connectivity index (χ1v) is 15.6. The minimum absolute atomic E-state index is 0.00703. The second kappa shape index (κ2) is 13.4. The zero-order valence-corrected chi connectivity index (χ0v) is 24.1. The van der Waals surface area contributed by atoms with Gasteiger partial charge in [-0.05, 0) is 60.2 Å². The molecule has 0 aliphatic carbocycles. The summed E-state index contributed by atoms with van der Waals surface area (Å²) in [5, 5.41) is 1.92. The third-order valence-electron chi connectivity index (χ3n) is 7.44. The molecule has 0 unspecified atom stereocenters. The number of fused-ring (bicyclic) bond motifs is 1. The highest BCUT2D eigenvalue weighted by Gasteiger charge is 2.33. The van der Waals surface area contributed by atoms with Gasteiger partial charge in [-0.1, -0.05) is 62.4 Å². The molecule has 3 aromatic rings. The van der Waals surface area contributed by atoms with Gasteiger partial charge in [0.1, 0.15) is 5.82 Å². The van der Waals surface area contributed by atoms with Crippen LogP contribution in [0.3, 0.4) is 0 Å². The van der Waals surface area contributed by atoms with Crippen molar-refractivity contribution in [2.75, 3.05) is 31.9 Å². The van der Waals surface area contributed by atoms with E-state index in [1.807, 2.05) is 54.3 Å². The van der Waals surface area contributed by atoms with E-state index in [4.69, 9.17) is 0 Å². The number of likely N-dealkylation sites (tertiary alicyclic amines) is 1. The Bertz CT molecular complexity index is 1410. The van der Waals surface area contributed by atoms with Gasteiger partial charge in [-0.15, -0.1) is 0 Å². The molecule has 4 rings (SSSR count). The first-order valence-electron chi connectivity index (χ1n) is 14.0. The summed E-state index contributed by atoms with van der Waals surface area (Å²) in [7, 11) is -3.56. The summed E-state index contributed by atoms with van der Waals surface area (Å²) in [5.74, 6) is -0.684. The molecule has 7 nitrogen and oxygen atoms in total. The van der Waals surface area contributed by atoms with Crippen LogP contribution in [0.25, 0.3) is 10.8 Å². The number of carbonyl (C=O) groups excluding carboxylic acids is 2. The van der Waals surface area contributed by atoms with E-state index in [9.17, 15) is 22.4 Å². The maximum Gasteiger partial charge on any atom is 0.254 e. The Balaban J connectivity index is 1.52. The van der Waals surface area contributed by atoms with Crippen molar-refractivity contribution in [1.29, 1.82) is 0 Å². The van der Waals surface area contributed by atoms with Gasteiger partial charge in [0.2, 0.25) is 15.9 Å². The van der Waals surface area contributed by atoms with Crippen molar-refractivity contribution in [1.82, 2.24) is 14.1 Å². The van der Waals surface area contributed by atoms with Crippen LogP contribution in [-0.2, 0) is 21.4 Å². The molecule has 214 valence electrons. The molecule has 0 aromatic heterocycles. The van der Waals surface area contributed by atoms with E-state index >= 15 is 0 Å². The van der Waals surface area contributed by atoms with E-state index in [2.05, 4.69) is 0 Å². The highest BCUT2D eigenvalue weighted by Crippen LogP contribution is 2.25. The molecule has 3 aromatic carbocycles. The minimum Gasteiger partial charge on any atom is -0.338 e. The van der Waals surface area contributed by atoms with Crippen molar-refractivity contribution in [3.63, 3.8) is 0 Å². The van der Waals surface area contributed by atoms with Crippen molar-refractivity contribution in [2.45, 2.75) is 52.1 Å². The standard InChI is InChI=1S/C31H38FN3O4S/c1-3-18-34(40(38,39)21-4-2)23-30(36)35(22-24-12-14-26(32)15-13-24)27-16-19-33(20-17-27)31(37)29-11-7-9-25-8-5-6-10-28(25)29/h5-15,27H,3-4,16-23H2,1-2H3. The molecule has 1 fully saturated rings. The number of piperidine rings is 1. The fraction of sp³-hybridized carbons (Fsp3) is 0.419. The average molecular weight is 568 g/mol. The topological polar surface area (TPSA) is 78.0 Å². The molecule has 1 heterocycles. The van der Waals surface area contributed by atoms with Crippen molar-refractivity contribution in [3.05, 3.63) is 83.7 Å². The van der Waals surface area contributed by atoms with Crippen LogP contribution in [0.4, 0.5) is 4.39 Å². The summed E-state index contributed by atoms with van der Waals surface area (Å²) >= 11 is 0. The molecule has 9 heteroatoms. The fourth-order valence-electron chi connectivity index (χ4n) is 5.36.